The number of nitrogens with one attached hydrogen (secondary N) is 1. The molecule has 4 atom stereocenters. The summed E-state index contributed by atoms with van der Waals surface area (Å²) in [7, 11) is -2.32. The Hall–Kier alpha value is -0.550. The number of amides is 1. The molecule has 0 spiro atoms. The quantitative estimate of drug-likeness (QED) is 0.476. The first-order valence-electron chi connectivity index (χ1n) is 8.67. The van der Waals surface area contributed by atoms with Crippen LogP contribution in [0.2, 0.25) is 0 Å². The van der Waals surface area contributed by atoms with Crippen LogP contribution in [0.4, 0.5) is 0 Å². The molecule has 7 heteroatoms. The smallest absolute Gasteiger partial charge is 0.391 e. The van der Waals surface area contributed by atoms with Gasteiger partial charge < -0.3 is 16.2 Å². The fourth-order valence-electron chi connectivity index (χ4n) is 3.31. The summed E-state index contributed by atoms with van der Waals surface area (Å²) < 4.78 is 11.6. The van der Waals surface area contributed by atoms with Gasteiger partial charge in [0.15, 0.2) is 5.66 Å². The van der Waals surface area contributed by atoms with Gasteiger partial charge in [0.25, 0.3) is 0 Å². The number of hydrogen-bond acceptors (Lipinski definition) is 4. The number of aliphatic hydroxyl groups excluding tert-OH is 1. The van der Waals surface area contributed by atoms with E-state index in [1.165, 1.54) is 6.42 Å². The summed E-state index contributed by atoms with van der Waals surface area (Å²) in [6, 6.07) is -0.578. The first-order chi connectivity index (χ1) is 10.8. The average Bonchev–Trinajstić information content (AvgIpc) is 2.50. The largest absolute Gasteiger partial charge is 0.509 e. The predicted octanol–water partition coefficient (Wildman–Crippen LogP) is 1.91. The third-order valence-corrected chi connectivity index (χ3v) is 5.77. The van der Waals surface area contributed by atoms with Crippen LogP contribution in [0.5, 0.6) is 0 Å². The van der Waals surface area contributed by atoms with E-state index in [4.69, 9.17) is 5.73 Å². The molecule has 1 fully saturated rings. The summed E-state index contributed by atoms with van der Waals surface area (Å²) in [5, 5.41) is 12.8. The molecule has 23 heavy (non-hydrogen) atoms. The number of aliphatic hydroxyl groups is 1. The van der Waals surface area contributed by atoms with Gasteiger partial charge in [0, 0.05) is 18.9 Å². The standard InChI is InChI=1S/C16H31N2O4P/c1-11(2)8-14(17)16(20)18-10-13(19)9-15(23(21)22)12-6-4-3-5-7-12/h11-15,19H,3-10,17H2,1-2H3,(H-,18,20,21,22)/p+1/t13-,14+,15?/m1/s1. The molecule has 1 rings (SSSR count). The van der Waals surface area contributed by atoms with Crippen molar-refractivity contribution in [2.45, 2.75) is 76.6 Å². The summed E-state index contributed by atoms with van der Waals surface area (Å²) in [6.07, 6.45) is 5.27. The monoisotopic (exact) mass is 347 g/mol. The Bertz CT molecular complexity index is 386. The van der Waals surface area contributed by atoms with Crippen LogP contribution in [0, 0.1) is 11.8 Å². The number of hydrogen-bond donors (Lipinski definition) is 4. The molecule has 1 aliphatic carbocycles. The van der Waals surface area contributed by atoms with Crippen LogP contribution >= 0.6 is 8.03 Å². The van der Waals surface area contributed by atoms with Crippen molar-refractivity contribution < 1.29 is 19.4 Å². The van der Waals surface area contributed by atoms with Crippen LogP contribution in [-0.4, -0.2) is 40.3 Å². The molecule has 0 radical (unpaired) electrons. The Kier molecular flexibility index (Phi) is 9.22. The van der Waals surface area contributed by atoms with E-state index in [0.717, 1.165) is 25.7 Å². The van der Waals surface area contributed by atoms with Crippen LogP contribution in [0.15, 0.2) is 0 Å². The van der Waals surface area contributed by atoms with Crippen molar-refractivity contribution in [2.24, 2.45) is 17.6 Å². The Morgan fingerprint density at radius 2 is 1.87 bits per heavy atom. The molecule has 0 heterocycles. The molecule has 6 nitrogen and oxygen atoms in total. The zero-order chi connectivity index (χ0) is 17.4. The highest BCUT2D eigenvalue weighted by atomic mass is 31.1. The lowest BCUT2D eigenvalue weighted by Crippen LogP contribution is -2.44. The Morgan fingerprint density at radius 3 is 2.39 bits per heavy atom. The van der Waals surface area contributed by atoms with Crippen LogP contribution in [0.25, 0.3) is 0 Å². The average molecular weight is 347 g/mol. The molecule has 0 aliphatic heterocycles. The summed E-state index contributed by atoms with van der Waals surface area (Å²) >= 11 is 0. The third-order valence-electron chi connectivity index (χ3n) is 4.57. The lowest BCUT2D eigenvalue weighted by molar-refractivity contribution is -0.123. The molecule has 0 bridgehead atoms. The SMILES string of the molecule is CC(C)C[C@H](N)C(=O)NC[C@H](O)CC(C1CCCCC1)[P+](=O)O. The predicted molar refractivity (Wildman–Crippen MR) is 91.3 cm³/mol. The second-order valence-corrected chi connectivity index (χ2v) is 8.41. The van der Waals surface area contributed by atoms with E-state index in [0.29, 0.717) is 12.3 Å². The number of carbonyl (C=O) groups is 1. The minimum atomic E-state index is -2.32. The van der Waals surface area contributed by atoms with Gasteiger partial charge in [0.05, 0.1) is 12.1 Å². The Labute approximate surface area is 140 Å². The lowest BCUT2D eigenvalue weighted by atomic mass is 9.85. The van der Waals surface area contributed by atoms with E-state index in [1.807, 2.05) is 13.8 Å². The van der Waals surface area contributed by atoms with Gasteiger partial charge in [-0.2, -0.15) is 4.89 Å². The van der Waals surface area contributed by atoms with E-state index in [-0.39, 0.29) is 30.4 Å². The third kappa shape index (κ3) is 7.71. The van der Waals surface area contributed by atoms with Crippen LogP contribution < -0.4 is 11.1 Å². The minimum absolute atomic E-state index is 0.0804. The van der Waals surface area contributed by atoms with Crippen LogP contribution in [0.1, 0.15) is 58.8 Å². The molecule has 2 unspecified atom stereocenters. The highest BCUT2D eigenvalue weighted by molar-refractivity contribution is 7.38. The maximum absolute atomic E-state index is 11.9. The summed E-state index contributed by atoms with van der Waals surface area (Å²) in [5.41, 5.74) is 5.40. The van der Waals surface area contributed by atoms with Gasteiger partial charge >= 0.3 is 8.03 Å². The van der Waals surface area contributed by atoms with Crippen molar-refractivity contribution in [3.05, 3.63) is 0 Å². The molecule has 0 aromatic heterocycles. The lowest BCUT2D eigenvalue weighted by Gasteiger charge is -2.24. The van der Waals surface area contributed by atoms with Crippen molar-refractivity contribution >= 4 is 13.9 Å². The van der Waals surface area contributed by atoms with Crippen molar-refractivity contribution in [1.82, 2.24) is 5.32 Å². The van der Waals surface area contributed by atoms with Gasteiger partial charge in [0.2, 0.25) is 5.91 Å². The summed E-state index contributed by atoms with van der Waals surface area (Å²) in [5.74, 6) is 0.251. The molecular weight excluding hydrogens is 315 g/mol. The fourth-order valence-corrected chi connectivity index (χ4v) is 4.39. The number of carbonyl (C=O) groups excluding carboxylic acids is 1. The van der Waals surface area contributed by atoms with Crippen LogP contribution in [-0.2, 0) is 9.36 Å². The normalized spacial score (nSPS) is 20.9. The summed E-state index contributed by atoms with van der Waals surface area (Å²) in [6.45, 7) is 4.07. The van der Waals surface area contributed by atoms with Gasteiger partial charge in [-0.3, -0.25) is 4.79 Å². The number of rotatable bonds is 9. The first kappa shape index (κ1) is 20.5. The van der Waals surface area contributed by atoms with Crippen molar-refractivity contribution in [1.29, 1.82) is 0 Å². The number of nitrogens with two attached hydrogens (primary N) is 1. The minimum Gasteiger partial charge on any atom is -0.391 e. The Morgan fingerprint density at radius 1 is 1.26 bits per heavy atom. The molecule has 0 aromatic carbocycles. The van der Waals surface area contributed by atoms with E-state index in [1.54, 1.807) is 0 Å². The van der Waals surface area contributed by atoms with E-state index in [2.05, 4.69) is 5.32 Å². The zero-order valence-electron chi connectivity index (χ0n) is 14.3. The first-order valence-corrected chi connectivity index (χ1v) is 9.96. The molecule has 1 aliphatic rings. The highest BCUT2D eigenvalue weighted by Crippen LogP contribution is 2.40. The maximum atomic E-state index is 11.9. The summed E-state index contributed by atoms with van der Waals surface area (Å²) in [4.78, 5) is 21.4. The second kappa shape index (κ2) is 10.3. The fraction of sp³-hybridized carbons (Fsp3) is 0.938. The van der Waals surface area contributed by atoms with Gasteiger partial charge in [0.1, 0.15) is 0 Å². The molecule has 134 valence electrons. The Balaban J connectivity index is 2.41. The maximum Gasteiger partial charge on any atom is 0.509 e. The van der Waals surface area contributed by atoms with E-state index in [9.17, 15) is 19.4 Å². The van der Waals surface area contributed by atoms with Gasteiger partial charge in [-0.05, 0) is 29.7 Å². The molecule has 0 saturated heterocycles. The topological polar surface area (TPSA) is 113 Å². The van der Waals surface area contributed by atoms with E-state index >= 15 is 0 Å². The molecule has 1 saturated carbocycles. The molecule has 1 amide bonds. The molecule has 5 N–H and O–H groups in total. The van der Waals surface area contributed by atoms with Gasteiger partial charge in [-0.25, -0.2) is 0 Å². The van der Waals surface area contributed by atoms with Gasteiger partial charge in [-0.1, -0.05) is 33.1 Å². The molecule has 0 aromatic rings. The van der Waals surface area contributed by atoms with Crippen molar-refractivity contribution in [3.63, 3.8) is 0 Å². The van der Waals surface area contributed by atoms with Crippen molar-refractivity contribution in [3.8, 4) is 0 Å². The van der Waals surface area contributed by atoms with Gasteiger partial charge in [-0.15, -0.1) is 0 Å². The van der Waals surface area contributed by atoms with Crippen LogP contribution in [0.3, 0.4) is 0 Å². The molecular formula is C16H32N2O4P+. The van der Waals surface area contributed by atoms with E-state index < -0.39 is 20.2 Å². The zero-order valence-corrected chi connectivity index (χ0v) is 15.2. The highest BCUT2D eigenvalue weighted by Gasteiger charge is 2.39. The second-order valence-electron chi connectivity index (χ2n) is 7.14. The van der Waals surface area contributed by atoms with Crippen molar-refractivity contribution in [2.75, 3.05) is 6.54 Å².